The average molecular weight is 279 g/mol. The lowest BCUT2D eigenvalue weighted by molar-refractivity contribution is 0.816. The zero-order chi connectivity index (χ0) is 15.0. The van der Waals surface area contributed by atoms with Gasteiger partial charge in [0.1, 0.15) is 0 Å². The first kappa shape index (κ1) is 13.5. The van der Waals surface area contributed by atoms with E-state index in [0.29, 0.717) is 11.3 Å². The fraction of sp³-hybridized carbons (Fsp3) is 0.235. The Bertz CT molecular complexity index is 865. The summed E-state index contributed by atoms with van der Waals surface area (Å²) in [5.41, 5.74) is 4.80. The van der Waals surface area contributed by atoms with E-state index in [1.807, 2.05) is 25.1 Å². The van der Waals surface area contributed by atoms with Gasteiger partial charge in [0.05, 0.1) is 17.2 Å². The van der Waals surface area contributed by atoms with Gasteiger partial charge in [0, 0.05) is 17.0 Å². The molecule has 21 heavy (non-hydrogen) atoms. The molecule has 2 aromatic heterocycles. The van der Waals surface area contributed by atoms with Gasteiger partial charge in [0.15, 0.2) is 0 Å². The van der Waals surface area contributed by atoms with Gasteiger partial charge in [-0.25, -0.2) is 0 Å². The van der Waals surface area contributed by atoms with Crippen LogP contribution in [0.2, 0.25) is 0 Å². The number of nitrogens with zero attached hydrogens (tertiary/aromatic N) is 2. The Morgan fingerprint density at radius 1 is 1.14 bits per heavy atom. The zero-order valence-corrected chi connectivity index (χ0v) is 12.3. The molecule has 3 rings (SSSR count). The van der Waals surface area contributed by atoms with Crippen LogP contribution in [0.1, 0.15) is 31.2 Å². The van der Waals surface area contributed by atoms with Crippen molar-refractivity contribution in [2.75, 3.05) is 0 Å². The fourth-order valence-corrected chi connectivity index (χ4v) is 2.45. The number of benzene rings is 1. The summed E-state index contributed by atoms with van der Waals surface area (Å²) in [6, 6.07) is 9.88. The molecule has 0 aliphatic heterocycles. The lowest BCUT2D eigenvalue weighted by Crippen LogP contribution is -2.06. The first-order valence-corrected chi connectivity index (χ1v) is 7.01. The van der Waals surface area contributed by atoms with Crippen molar-refractivity contribution in [1.29, 1.82) is 0 Å². The standard InChI is InChI=1S/C17H17N3O/c1-10(2)15-7-6-13(11(3)20-15)12-4-5-14-16(8-12)18-9-19-17(14)21/h4-10H,1-3H3,(H,18,19,21). The van der Waals surface area contributed by atoms with Crippen LogP contribution >= 0.6 is 0 Å². The predicted molar refractivity (Wildman–Crippen MR) is 84.4 cm³/mol. The summed E-state index contributed by atoms with van der Waals surface area (Å²) >= 11 is 0. The molecule has 3 aromatic rings. The quantitative estimate of drug-likeness (QED) is 0.782. The van der Waals surface area contributed by atoms with Crippen LogP contribution in [0.3, 0.4) is 0 Å². The van der Waals surface area contributed by atoms with Crippen molar-refractivity contribution >= 4 is 10.9 Å². The van der Waals surface area contributed by atoms with Crippen LogP contribution in [0, 0.1) is 6.92 Å². The van der Waals surface area contributed by atoms with Crippen LogP contribution in [-0.4, -0.2) is 15.0 Å². The monoisotopic (exact) mass is 279 g/mol. The van der Waals surface area contributed by atoms with Crippen molar-refractivity contribution in [3.05, 3.63) is 58.4 Å². The smallest absolute Gasteiger partial charge is 0.280 e. The van der Waals surface area contributed by atoms with Gasteiger partial charge in [-0.3, -0.25) is 9.78 Å². The van der Waals surface area contributed by atoms with E-state index in [1.54, 1.807) is 0 Å². The summed E-state index contributed by atoms with van der Waals surface area (Å²) in [6.07, 6.45) is 1.43. The van der Waals surface area contributed by atoms with E-state index in [4.69, 9.17) is 0 Å². The maximum atomic E-state index is 11.7. The highest BCUT2D eigenvalue weighted by Crippen LogP contribution is 2.26. The maximum absolute atomic E-state index is 11.7. The van der Waals surface area contributed by atoms with Crippen molar-refractivity contribution < 1.29 is 0 Å². The van der Waals surface area contributed by atoms with Crippen LogP contribution in [0.15, 0.2) is 41.5 Å². The van der Waals surface area contributed by atoms with E-state index < -0.39 is 0 Å². The van der Waals surface area contributed by atoms with Gasteiger partial charge in [-0.2, -0.15) is 4.98 Å². The molecule has 4 nitrogen and oxygen atoms in total. The van der Waals surface area contributed by atoms with Gasteiger partial charge >= 0.3 is 0 Å². The summed E-state index contributed by atoms with van der Waals surface area (Å²) < 4.78 is 0. The summed E-state index contributed by atoms with van der Waals surface area (Å²) in [5, 5.41) is 0.602. The van der Waals surface area contributed by atoms with Gasteiger partial charge < -0.3 is 4.98 Å². The minimum Gasteiger partial charge on any atom is -0.346 e. The Balaban J connectivity index is 2.14. The average Bonchev–Trinajstić information content (AvgIpc) is 2.47. The molecule has 0 spiro atoms. The SMILES string of the molecule is Cc1nc(C(C)C)ccc1-c1ccc2c(=O)nc[nH]c2c1. The highest BCUT2D eigenvalue weighted by molar-refractivity contribution is 5.83. The van der Waals surface area contributed by atoms with Crippen molar-refractivity contribution in [2.45, 2.75) is 26.7 Å². The molecule has 0 aliphatic rings. The van der Waals surface area contributed by atoms with Crippen molar-refractivity contribution in [1.82, 2.24) is 15.0 Å². The molecule has 0 radical (unpaired) electrons. The van der Waals surface area contributed by atoms with Gasteiger partial charge in [-0.1, -0.05) is 26.0 Å². The summed E-state index contributed by atoms with van der Waals surface area (Å²) in [7, 11) is 0. The molecule has 1 N–H and O–H groups in total. The number of pyridine rings is 1. The minimum atomic E-state index is -0.208. The molecule has 0 saturated heterocycles. The Hall–Kier alpha value is -2.49. The molecule has 4 heteroatoms. The van der Waals surface area contributed by atoms with Crippen LogP contribution in [0.25, 0.3) is 22.0 Å². The third-order valence-electron chi connectivity index (χ3n) is 3.66. The van der Waals surface area contributed by atoms with Crippen molar-refractivity contribution in [3.63, 3.8) is 0 Å². The number of nitrogens with one attached hydrogen (secondary N) is 1. The molecule has 2 heterocycles. The van der Waals surface area contributed by atoms with Crippen LogP contribution < -0.4 is 5.56 Å². The number of hydrogen-bond donors (Lipinski definition) is 1. The number of H-pyrrole nitrogens is 1. The molecular weight excluding hydrogens is 262 g/mol. The Morgan fingerprint density at radius 3 is 2.67 bits per heavy atom. The second-order valence-corrected chi connectivity index (χ2v) is 5.49. The van der Waals surface area contributed by atoms with E-state index in [-0.39, 0.29) is 5.56 Å². The predicted octanol–water partition coefficient (Wildman–Crippen LogP) is 3.42. The Morgan fingerprint density at radius 2 is 1.95 bits per heavy atom. The third-order valence-corrected chi connectivity index (χ3v) is 3.66. The number of aromatic nitrogens is 3. The second-order valence-electron chi connectivity index (χ2n) is 5.49. The minimum absolute atomic E-state index is 0.208. The maximum Gasteiger partial charge on any atom is 0.280 e. The van der Waals surface area contributed by atoms with E-state index >= 15 is 0 Å². The number of aromatic amines is 1. The molecule has 0 atom stereocenters. The fourth-order valence-electron chi connectivity index (χ4n) is 2.45. The normalized spacial score (nSPS) is 11.2. The summed E-state index contributed by atoms with van der Waals surface area (Å²) in [6.45, 7) is 6.28. The van der Waals surface area contributed by atoms with Gasteiger partial charge in [0.25, 0.3) is 5.56 Å². The number of hydrogen-bond acceptors (Lipinski definition) is 3. The molecule has 0 amide bonds. The zero-order valence-electron chi connectivity index (χ0n) is 12.3. The van der Waals surface area contributed by atoms with Crippen molar-refractivity contribution in [2.24, 2.45) is 0 Å². The van der Waals surface area contributed by atoms with Crippen LogP contribution in [0.5, 0.6) is 0 Å². The molecular formula is C17H17N3O. The Labute approximate surface area is 122 Å². The number of fused-ring (bicyclic) bond motifs is 1. The van der Waals surface area contributed by atoms with E-state index in [2.05, 4.69) is 40.9 Å². The van der Waals surface area contributed by atoms with E-state index in [0.717, 1.165) is 28.0 Å². The van der Waals surface area contributed by atoms with Crippen LogP contribution in [0.4, 0.5) is 0 Å². The first-order valence-electron chi connectivity index (χ1n) is 7.01. The Kier molecular flexibility index (Phi) is 3.29. The number of rotatable bonds is 2. The summed E-state index contributed by atoms with van der Waals surface area (Å²) in [5.74, 6) is 0.414. The number of aryl methyl sites for hydroxylation is 1. The lowest BCUT2D eigenvalue weighted by Gasteiger charge is -2.10. The molecule has 0 aliphatic carbocycles. The third kappa shape index (κ3) is 2.44. The summed E-state index contributed by atoms with van der Waals surface area (Å²) in [4.78, 5) is 23.1. The lowest BCUT2D eigenvalue weighted by atomic mass is 10.0. The molecule has 0 bridgehead atoms. The molecule has 0 saturated carbocycles. The second kappa shape index (κ2) is 5.13. The largest absolute Gasteiger partial charge is 0.346 e. The highest BCUT2D eigenvalue weighted by atomic mass is 16.1. The van der Waals surface area contributed by atoms with E-state index in [1.165, 1.54) is 6.33 Å². The molecule has 1 aromatic carbocycles. The molecule has 0 fully saturated rings. The van der Waals surface area contributed by atoms with Gasteiger partial charge in [0.2, 0.25) is 0 Å². The topological polar surface area (TPSA) is 58.6 Å². The molecule has 0 unspecified atom stereocenters. The van der Waals surface area contributed by atoms with Crippen LogP contribution in [-0.2, 0) is 0 Å². The van der Waals surface area contributed by atoms with E-state index in [9.17, 15) is 4.79 Å². The van der Waals surface area contributed by atoms with Gasteiger partial charge in [-0.05, 0) is 36.6 Å². The van der Waals surface area contributed by atoms with Crippen molar-refractivity contribution in [3.8, 4) is 11.1 Å². The first-order chi connectivity index (χ1) is 10.1. The van der Waals surface area contributed by atoms with Gasteiger partial charge in [-0.15, -0.1) is 0 Å². The molecule has 106 valence electrons. The highest BCUT2D eigenvalue weighted by Gasteiger charge is 2.08.